The number of phenolic OH excluding ortho intramolecular Hbond substituents is 2. The number of carbonyl (C=O) groups is 1. The Labute approximate surface area is 242 Å². The molecule has 8 heteroatoms. The number of rotatable bonds is 10. The van der Waals surface area contributed by atoms with E-state index in [0.29, 0.717) is 35.7 Å². The molecular formula is C34H30O8. The van der Waals surface area contributed by atoms with E-state index in [9.17, 15) is 19.8 Å². The van der Waals surface area contributed by atoms with E-state index in [0.717, 1.165) is 11.6 Å². The van der Waals surface area contributed by atoms with Gasteiger partial charge in [0.15, 0.2) is 16.9 Å². The number of aromatic hydroxyl groups is 2. The predicted octanol–water partition coefficient (Wildman–Crippen LogP) is 6.20. The molecule has 0 fully saturated rings. The van der Waals surface area contributed by atoms with Gasteiger partial charge in [0.05, 0.1) is 27.2 Å². The molecule has 214 valence electrons. The van der Waals surface area contributed by atoms with E-state index in [1.165, 1.54) is 20.3 Å². The third-order valence-corrected chi connectivity index (χ3v) is 7.08. The summed E-state index contributed by atoms with van der Waals surface area (Å²) in [5.74, 6) is -0.987. The second-order valence-corrected chi connectivity index (χ2v) is 9.70. The van der Waals surface area contributed by atoms with Crippen LogP contribution in [-0.2, 0) is 16.0 Å². The summed E-state index contributed by atoms with van der Waals surface area (Å²) in [6.07, 6.45) is 0.507. The summed E-state index contributed by atoms with van der Waals surface area (Å²) in [5, 5.41) is 21.7. The lowest BCUT2D eigenvalue weighted by Crippen LogP contribution is -2.13. The molecule has 2 N–H and O–H groups in total. The summed E-state index contributed by atoms with van der Waals surface area (Å²) < 4.78 is 22.8. The average molecular weight is 567 g/mol. The van der Waals surface area contributed by atoms with E-state index >= 15 is 0 Å². The van der Waals surface area contributed by atoms with Crippen molar-refractivity contribution in [1.82, 2.24) is 0 Å². The molecule has 0 saturated heterocycles. The molecule has 0 radical (unpaired) electrons. The highest BCUT2D eigenvalue weighted by Gasteiger charge is 2.29. The highest BCUT2D eigenvalue weighted by Crippen LogP contribution is 2.44. The third kappa shape index (κ3) is 5.93. The molecule has 0 aliphatic heterocycles. The van der Waals surface area contributed by atoms with Crippen molar-refractivity contribution in [2.24, 2.45) is 0 Å². The van der Waals surface area contributed by atoms with E-state index < -0.39 is 23.1 Å². The first-order valence-corrected chi connectivity index (χ1v) is 13.4. The lowest BCUT2D eigenvalue weighted by Gasteiger charge is -2.21. The highest BCUT2D eigenvalue weighted by molar-refractivity contribution is 5.90. The van der Waals surface area contributed by atoms with Crippen LogP contribution in [0.1, 0.15) is 29.0 Å². The zero-order valence-electron chi connectivity index (χ0n) is 23.2. The summed E-state index contributed by atoms with van der Waals surface area (Å²) in [7, 11) is 2.78. The molecule has 0 saturated carbocycles. The average Bonchev–Trinajstić information content (AvgIpc) is 3.01. The number of ether oxygens (including phenoxy) is 3. The highest BCUT2D eigenvalue weighted by atomic mass is 16.5. The van der Waals surface area contributed by atoms with E-state index in [1.807, 2.05) is 36.4 Å². The molecule has 8 nitrogen and oxygen atoms in total. The van der Waals surface area contributed by atoms with E-state index in [1.54, 1.807) is 42.5 Å². The lowest BCUT2D eigenvalue weighted by atomic mass is 9.86. The Balaban J connectivity index is 1.60. The molecule has 0 aliphatic rings. The van der Waals surface area contributed by atoms with Crippen molar-refractivity contribution in [1.29, 1.82) is 0 Å². The smallest absolute Gasteiger partial charge is 0.306 e. The van der Waals surface area contributed by atoms with Gasteiger partial charge in [-0.05, 0) is 23.3 Å². The van der Waals surface area contributed by atoms with Crippen LogP contribution >= 0.6 is 0 Å². The first-order chi connectivity index (χ1) is 20.4. The Morgan fingerprint density at radius 2 is 1.57 bits per heavy atom. The van der Waals surface area contributed by atoms with Crippen LogP contribution < -0.4 is 14.9 Å². The van der Waals surface area contributed by atoms with E-state index in [2.05, 4.69) is 0 Å². The maximum Gasteiger partial charge on any atom is 0.306 e. The molecule has 1 aromatic heterocycles. The standard InChI is InChI=1S/C34H30O8/c1-39-30-17-23(13-14-28(30)41-16-15-21-9-5-3-6-10-21)24(18-31(38)40-2)32-25(35)19-26(36)33-27(37)20-29(42-34(32)33)22-11-7-4-8-12-22/h3-14,17,19-20,24,35-36H,15-16,18H2,1-2H3/t24-/m1/s1. The van der Waals surface area contributed by atoms with Gasteiger partial charge in [-0.2, -0.15) is 0 Å². The molecule has 1 heterocycles. The summed E-state index contributed by atoms with van der Waals surface area (Å²) in [6, 6.07) is 26.5. The molecule has 4 aromatic carbocycles. The summed E-state index contributed by atoms with van der Waals surface area (Å²) in [4.78, 5) is 25.8. The van der Waals surface area contributed by atoms with Gasteiger partial charge in [0.1, 0.15) is 28.2 Å². The van der Waals surface area contributed by atoms with Gasteiger partial charge < -0.3 is 28.8 Å². The molecule has 0 unspecified atom stereocenters. The number of hydrogen-bond acceptors (Lipinski definition) is 8. The van der Waals surface area contributed by atoms with Crippen molar-refractivity contribution < 1.29 is 33.6 Å². The molecule has 0 amide bonds. The lowest BCUT2D eigenvalue weighted by molar-refractivity contribution is -0.140. The normalized spacial score (nSPS) is 11.7. The van der Waals surface area contributed by atoms with Crippen LogP contribution in [0.5, 0.6) is 23.0 Å². The largest absolute Gasteiger partial charge is 0.507 e. The van der Waals surface area contributed by atoms with Gasteiger partial charge in [-0.3, -0.25) is 9.59 Å². The summed E-state index contributed by atoms with van der Waals surface area (Å²) in [6.45, 7) is 0.419. The Bertz CT molecular complexity index is 1760. The minimum absolute atomic E-state index is 0.0325. The van der Waals surface area contributed by atoms with Crippen molar-refractivity contribution >= 4 is 16.9 Å². The molecule has 5 rings (SSSR count). The van der Waals surface area contributed by atoms with Crippen LogP contribution in [0.15, 0.2) is 100 Å². The van der Waals surface area contributed by atoms with Crippen LogP contribution in [0.4, 0.5) is 0 Å². The molecule has 1 atom stereocenters. The number of esters is 1. The first-order valence-electron chi connectivity index (χ1n) is 13.4. The van der Waals surface area contributed by atoms with Gasteiger partial charge in [0.25, 0.3) is 0 Å². The fraction of sp³-hybridized carbons (Fsp3) is 0.176. The summed E-state index contributed by atoms with van der Waals surface area (Å²) in [5.41, 5.74) is 1.97. The number of fused-ring (bicyclic) bond motifs is 1. The fourth-order valence-corrected chi connectivity index (χ4v) is 4.98. The van der Waals surface area contributed by atoms with E-state index in [-0.39, 0.29) is 34.5 Å². The SMILES string of the molecule is COC(=O)C[C@H](c1ccc(OCCc2ccccc2)c(OC)c1)c1c(O)cc(O)c2c(=O)cc(-c3ccccc3)oc12. The second kappa shape index (κ2) is 12.5. The van der Waals surface area contributed by atoms with Gasteiger partial charge in [0.2, 0.25) is 0 Å². The quantitative estimate of drug-likeness (QED) is 0.192. The minimum Gasteiger partial charge on any atom is -0.507 e. The zero-order chi connectivity index (χ0) is 29.6. The molecule has 0 aliphatic carbocycles. The molecule has 0 bridgehead atoms. The molecule has 42 heavy (non-hydrogen) atoms. The van der Waals surface area contributed by atoms with Crippen LogP contribution in [0.25, 0.3) is 22.3 Å². The van der Waals surface area contributed by atoms with Gasteiger partial charge in [-0.1, -0.05) is 66.7 Å². The maximum absolute atomic E-state index is 13.2. The Morgan fingerprint density at radius 1 is 0.857 bits per heavy atom. The van der Waals surface area contributed by atoms with Crippen LogP contribution in [0.3, 0.4) is 0 Å². The molecule has 5 aromatic rings. The topological polar surface area (TPSA) is 115 Å². The van der Waals surface area contributed by atoms with Gasteiger partial charge in [-0.25, -0.2) is 0 Å². The third-order valence-electron chi connectivity index (χ3n) is 7.08. The van der Waals surface area contributed by atoms with Gasteiger partial charge in [-0.15, -0.1) is 0 Å². The minimum atomic E-state index is -0.831. The van der Waals surface area contributed by atoms with Crippen LogP contribution in [0.2, 0.25) is 0 Å². The van der Waals surface area contributed by atoms with Crippen molar-refractivity contribution in [3.8, 4) is 34.3 Å². The predicted molar refractivity (Wildman–Crippen MR) is 158 cm³/mol. The number of methoxy groups -OCH3 is 2. The Morgan fingerprint density at radius 3 is 2.26 bits per heavy atom. The Kier molecular flexibility index (Phi) is 8.43. The van der Waals surface area contributed by atoms with Crippen molar-refractivity contribution in [3.05, 3.63) is 118 Å². The van der Waals surface area contributed by atoms with Crippen molar-refractivity contribution in [2.75, 3.05) is 20.8 Å². The fourth-order valence-electron chi connectivity index (χ4n) is 4.98. The molecular weight excluding hydrogens is 536 g/mol. The number of phenols is 2. The number of hydrogen-bond donors (Lipinski definition) is 2. The first kappa shape index (κ1) is 28.3. The van der Waals surface area contributed by atoms with E-state index in [4.69, 9.17) is 18.6 Å². The monoisotopic (exact) mass is 566 g/mol. The maximum atomic E-state index is 13.2. The van der Waals surface area contributed by atoms with Crippen LogP contribution in [-0.4, -0.2) is 37.0 Å². The van der Waals surface area contributed by atoms with Gasteiger partial charge in [0, 0.05) is 35.6 Å². The Hall–Kier alpha value is -5.24. The van der Waals surface area contributed by atoms with Crippen LogP contribution in [0, 0.1) is 0 Å². The summed E-state index contributed by atoms with van der Waals surface area (Å²) >= 11 is 0. The second-order valence-electron chi connectivity index (χ2n) is 9.70. The number of benzene rings is 4. The van der Waals surface area contributed by atoms with Crippen molar-refractivity contribution in [3.63, 3.8) is 0 Å². The zero-order valence-corrected chi connectivity index (χ0v) is 23.2. The van der Waals surface area contributed by atoms with Gasteiger partial charge >= 0.3 is 5.97 Å². The molecule has 0 spiro atoms. The number of carbonyl (C=O) groups excluding carboxylic acids is 1. The van der Waals surface area contributed by atoms with Crippen molar-refractivity contribution in [2.45, 2.75) is 18.8 Å².